The molecule has 5 nitrogen and oxygen atoms in total. The summed E-state index contributed by atoms with van der Waals surface area (Å²) in [6.45, 7) is 5.49. The molecule has 0 unspecified atom stereocenters. The van der Waals surface area contributed by atoms with Gasteiger partial charge in [-0.1, -0.05) is 43.3 Å². The summed E-state index contributed by atoms with van der Waals surface area (Å²) >= 11 is 0. The third-order valence-corrected chi connectivity index (χ3v) is 5.70. The number of hydrogen-bond acceptors (Lipinski definition) is 3. The van der Waals surface area contributed by atoms with Crippen LogP contribution in [-0.4, -0.2) is 33.5 Å². The molecule has 1 aromatic carbocycles. The van der Waals surface area contributed by atoms with Crippen LogP contribution in [0.1, 0.15) is 30.9 Å². The number of rotatable bonds is 5. The average Bonchev–Trinajstić information content (AvgIpc) is 3.12. The molecule has 0 radical (unpaired) electrons. The van der Waals surface area contributed by atoms with Crippen molar-refractivity contribution in [2.75, 3.05) is 13.1 Å². The Hall–Kier alpha value is -2.66. The van der Waals surface area contributed by atoms with E-state index >= 15 is 0 Å². The largest absolute Gasteiger partial charge is 0.351 e. The number of pyridine rings is 1. The number of carbonyl (C=O) groups is 1. The summed E-state index contributed by atoms with van der Waals surface area (Å²) in [4.78, 5) is 15.3. The molecular weight excluding hydrogens is 336 g/mol. The Kier molecular flexibility index (Phi) is 4.94. The number of nitrogens with one attached hydrogen (secondary N) is 1. The molecule has 27 heavy (non-hydrogen) atoms. The van der Waals surface area contributed by atoms with Gasteiger partial charge in [-0.15, -0.1) is 0 Å². The van der Waals surface area contributed by atoms with Crippen molar-refractivity contribution in [1.82, 2.24) is 19.8 Å². The molecule has 1 N–H and O–H groups in total. The zero-order chi connectivity index (χ0) is 18.7. The fourth-order valence-corrected chi connectivity index (χ4v) is 3.79. The molecule has 0 atom stereocenters. The molecule has 1 fully saturated rings. The lowest BCUT2D eigenvalue weighted by Crippen LogP contribution is -2.46. The van der Waals surface area contributed by atoms with E-state index in [9.17, 15) is 4.79 Å². The zero-order valence-electron chi connectivity index (χ0n) is 15.8. The van der Waals surface area contributed by atoms with Crippen molar-refractivity contribution in [3.8, 4) is 0 Å². The van der Waals surface area contributed by atoms with E-state index in [0.717, 1.165) is 43.6 Å². The second kappa shape index (κ2) is 7.53. The van der Waals surface area contributed by atoms with Crippen LogP contribution in [0.5, 0.6) is 0 Å². The van der Waals surface area contributed by atoms with E-state index in [4.69, 9.17) is 0 Å². The number of piperidine rings is 1. The van der Waals surface area contributed by atoms with Gasteiger partial charge >= 0.3 is 0 Å². The maximum atomic E-state index is 12.9. The first kappa shape index (κ1) is 17.7. The molecule has 1 amide bonds. The van der Waals surface area contributed by atoms with E-state index < -0.39 is 0 Å². The lowest BCUT2D eigenvalue weighted by Gasteiger charge is -2.38. The summed E-state index contributed by atoms with van der Waals surface area (Å²) in [6, 6.07) is 16.5. The first-order valence-electron chi connectivity index (χ1n) is 9.60. The predicted octanol–water partition coefficient (Wildman–Crippen LogP) is 3.25. The first-order valence-corrected chi connectivity index (χ1v) is 9.60. The van der Waals surface area contributed by atoms with Gasteiger partial charge in [0.25, 0.3) is 0 Å². The Morgan fingerprint density at radius 2 is 1.85 bits per heavy atom. The maximum absolute atomic E-state index is 12.9. The Bertz CT molecular complexity index is 910. The highest BCUT2D eigenvalue weighted by atomic mass is 16.2. The normalized spacial score (nSPS) is 17.1. The minimum atomic E-state index is -0.295. The number of amides is 1. The van der Waals surface area contributed by atoms with Crippen molar-refractivity contribution in [2.45, 2.75) is 32.9 Å². The number of benzene rings is 1. The van der Waals surface area contributed by atoms with Crippen molar-refractivity contribution >= 4 is 11.4 Å². The first-order chi connectivity index (χ1) is 13.1. The standard InChI is InChI=1S/C22H26N4O/c1-22(10-13-25(14-11-22)17-18-7-3-2-4-8-18)21(27)23-15-19-16-24-26-12-6-5-9-20(19)26/h2-9,12,16H,10-11,13-15,17H2,1H3,(H,23,27). The molecule has 0 spiro atoms. The van der Waals surface area contributed by atoms with Gasteiger partial charge in [0.05, 0.1) is 11.7 Å². The quantitative estimate of drug-likeness (QED) is 0.758. The van der Waals surface area contributed by atoms with E-state index in [2.05, 4.69) is 46.5 Å². The number of nitrogens with zero attached hydrogens (tertiary/aromatic N) is 3. The topological polar surface area (TPSA) is 49.6 Å². The molecule has 2 aromatic heterocycles. The van der Waals surface area contributed by atoms with Crippen LogP contribution in [0.25, 0.3) is 5.52 Å². The summed E-state index contributed by atoms with van der Waals surface area (Å²) in [5.74, 6) is 0.150. The summed E-state index contributed by atoms with van der Waals surface area (Å²) in [5.41, 5.74) is 3.13. The van der Waals surface area contributed by atoms with Gasteiger partial charge in [-0.25, -0.2) is 4.52 Å². The van der Waals surface area contributed by atoms with Gasteiger partial charge in [-0.3, -0.25) is 9.69 Å². The third kappa shape index (κ3) is 3.88. The molecule has 3 aromatic rings. The molecule has 140 valence electrons. The van der Waals surface area contributed by atoms with E-state index in [0.29, 0.717) is 6.54 Å². The molecule has 1 aliphatic heterocycles. The van der Waals surface area contributed by atoms with Crippen LogP contribution >= 0.6 is 0 Å². The molecule has 0 saturated carbocycles. The minimum Gasteiger partial charge on any atom is -0.351 e. The number of hydrogen-bond donors (Lipinski definition) is 1. The minimum absolute atomic E-state index is 0.150. The van der Waals surface area contributed by atoms with Gasteiger partial charge in [0, 0.05) is 30.3 Å². The van der Waals surface area contributed by atoms with Crippen molar-refractivity contribution in [2.24, 2.45) is 5.41 Å². The SMILES string of the molecule is CC1(C(=O)NCc2cnn3ccccc23)CCN(Cc2ccccc2)CC1. The second-order valence-electron chi connectivity index (χ2n) is 7.71. The fraction of sp³-hybridized carbons (Fsp3) is 0.364. The number of aromatic nitrogens is 2. The van der Waals surface area contributed by atoms with Gasteiger partial charge in [-0.2, -0.15) is 5.10 Å². The molecule has 3 heterocycles. The van der Waals surface area contributed by atoms with E-state index in [1.165, 1.54) is 5.56 Å². The van der Waals surface area contributed by atoms with E-state index in [1.807, 2.05) is 41.2 Å². The smallest absolute Gasteiger partial charge is 0.226 e. The lowest BCUT2D eigenvalue weighted by atomic mass is 9.79. The van der Waals surface area contributed by atoms with Crippen LogP contribution in [0, 0.1) is 5.41 Å². The summed E-state index contributed by atoms with van der Waals surface area (Å²) in [7, 11) is 0. The molecule has 1 aliphatic rings. The average molecular weight is 362 g/mol. The molecule has 0 bridgehead atoms. The van der Waals surface area contributed by atoms with Crippen LogP contribution in [0.3, 0.4) is 0 Å². The van der Waals surface area contributed by atoms with Crippen LogP contribution in [0.2, 0.25) is 0 Å². The maximum Gasteiger partial charge on any atom is 0.226 e. The van der Waals surface area contributed by atoms with Gasteiger partial charge in [-0.05, 0) is 43.6 Å². The second-order valence-corrected chi connectivity index (χ2v) is 7.71. The van der Waals surface area contributed by atoms with E-state index in [1.54, 1.807) is 0 Å². The number of likely N-dealkylation sites (tertiary alicyclic amines) is 1. The lowest BCUT2D eigenvalue weighted by molar-refractivity contribution is -0.133. The predicted molar refractivity (Wildman–Crippen MR) is 106 cm³/mol. The van der Waals surface area contributed by atoms with Gasteiger partial charge < -0.3 is 5.32 Å². The summed E-state index contributed by atoms with van der Waals surface area (Å²) < 4.78 is 1.84. The zero-order valence-corrected chi connectivity index (χ0v) is 15.8. The summed E-state index contributed by atoms with van der Waals surface area (Å²) in [5, 5.41) is 7.48. The Morgan fingerprint density at radius 3 is 2.63 bits per heavy atom. The van der Waals surface area contributed by atoms with Crippen molar-refractivity contribution < 1.29 is 4.79 Å². The highest BCUT2D eigenvalue weighted by Gasteiger charge is 2.36. The van der Waals surface area contributed by atoms with Crippen molar-refractivity contribution in [3.63, 3.8) is 0 Å². The molecular formula is C22H26N4O. The van der Waals surface area contributed by atoms with Crippen LogP contribution < -0.4 is 5.32 Å². The van der Waals surface area contributed by atoms with Crippen molar-refractivity contribution in [3.05, 3.63) is 72.1 Å². The highest BCUT2D eigenvalue weighted by molar-refractivity contribution is 5.82. The Labute approximate surface area is 160 Å². The molecule has 4 rings (SSSR count). The Balaban J connectivity index is 1.32. The van der Waals surface area contributed by atoms with Crippen LogP contribution in [0.15, 0.2) is 60.9 Å². The Morgan fingerprint density at radius 1 is 1.11 bits per heavy atom. The van der Waals surface area contributed by atoms with Gasteiger partial charge in [0.15, 0.2) is 0 Å². The molecule has 5 heteroatoms. The fourth-order valence-electron chi connectivity index (χ4n) is 3.79. The number of carbonyl (C=O) groups excluding carboxylic acids is 1. The monoisotopic (exact) mass is 362 g/mol. The molecule has 0 aliphatic carbocycles. The van der Waals surface area contributed by atoms with E-state index in [-0.39, 0.29) is 11.3 Å². The van der Waals surface area contributed by atoms with Gasteiger partial charge in [0.2, 0.25) is 5.91 Å². The molecule has 1 saturated heterocycles. The summed E-state index contributed by atoms with van der Waals surface area (Å²) in [6.07, 6.45) is 5.53. The van der Waals surface area contributed by atoms with Crippen LogP contribution in [-0.2, 0) is 17.9 Å². The number of fused-ring (bicyclic) bond motifs is 1. The van der Waals surface area contributed by atoms with Crippen LogP contribution in [0.4, 0.5) is 0 Å². The third-order valence-electron chi connectivity index (χ3n) is 5.70. The van der Waals surface area contributed by atoms with Crippen molar-refractivity contribution in [1.29, 1.82) is 0 Å². The van der Waals surface area contributed by atoms with Gasteiger partial charge in [0.1, 0.15) is 0 Å². The highest BCUT2D eigenvalue weighted by Crippen LogP contribution is 2.32.